The highest BCUT2D eigenvalue weighted by atomic mass is 19.1. The average molecular weight is 368 g/mol. The molecule has 0 saturated carbocycles. The van der Waals surface area contributed by atoms with Crippen molar-refractivity contribution in [2.45, 2.75) is 32.0 Å². The molecule has 0 N–H and O–H groups in total. The third-order valence-electron chi connectivity index (χ3n) is 5.75. The standard InChI is InChI=1S/C22H25FN2O2/c1-27-19-8-7-18(20(23)12-19)15-24-10-9-17-11-21(24)22(26)25(14-17)13-16-5-3-2-4-6-16/h2-8,12,17,21H,9-11,13-15H2,1H3/t17-,21+/m0/s1. The Hall–Kier alpha value is -2.40. The molecule has 2 aromatic rings. The SMILES string of the molecule is COc1ccc(CN2CC[C@H]3C[C@@H]2C(=O)N(Cc2ccccc2)C3)c(F)c1. The van der Waals surface area contributed by atoms with Crippen LogP contribution in [0.15, 0.2) is 48.5 Å². The number of amides is 1. The molecule has 0 unspecified atom stereocenters. The number of methoxy groups -OCH3 is 1. The lowest BCUT2D eigenvalue weighted by molar-refractivity contribution is -0.146. The second-order valence-electron chi connectivity index (χ2n) is 7.54. The van der Waals surface area contributed by atoms with E-state index in [1.54, 1.807) is 12.1 Å². The van der Waals surface area contributed by atoms with Gasteiger partial charge in [-0.25, -0.2) is 4.39 Å². The molecule has 2 heterocycles. The Labute approximate surface area is 159 Å². The van der Waals surface area contributed by atoms with Gasteiger partial charge in [0.2, 0.25) is 5.91 Å². The van der Waals surface area contributed by atoms with Gasteiger partial charge >= 0.3 is 0 Å². The monoisotopic (exact) mass is 368 g/mol. The zero-order valence-electron chi connectivity index (χ0n) is 15.6. The van der Waals surface area contributed by atoms with Crippen molar-refractivity contribution >= 4 is 5.91 Å². The number of hydrogen-bond acceptors (Lipinski definition) is 3. The van der Waals surface area contributed by atoms with E-state index in [0.717, 1.165) is 31.5 Å². The fraction of sp³-hybridized carbons (Fsp3) is 0.409. The zero-order valence-corrected chi connectivity index (χ0v) is 15.6. The summed E-state index contributed by atoms with van der Waals surface area (Å²) in [4.78, 5) is 17.2. The number of carbonyl (C=O) groups excluding carboxylic acids is 1. The van der Waals surface area contributed by atoms with Gasteiger partial charge in [0.25, 0.3) is 0 Å². The molecular formula is C22H25FN2O2. The molecule has 0 spiro atoms. The molecule has 2 fully saturated rings. The van der Waals surface area contributed by atoms with Crippen LogP contribution >= 0.6 is 0 Å². The number of halogens is 1. The van der Waals surface area contributed by atoms with Gasteiger partial charge in [-0.3, -0.25) is 9.69 Å². The van der Waals surface area contributed by atoms with Crippen LogP contribution in [0.2, 0.25) is 0 Å². The molecule has 4 rings (SSSR count). The summed E-state index contributed by atoms with van der Waals surface area (Å²) < 4.78 is 19.5. The molecule has 4 nitrogen and oxygen atoms in total. The Morgan fingerprint density at radius 3 is 2.70 bits per heavy atom. The minimum absolute atomic E-state index is 0.150. The van der Waals surface area contributed by atoms with Crippen LogP contribution in [-0.2, 0) is 17.9 Å². The van der Waals surface area contributed by atoms with Crippen LogP contribution in [0.1, 0.15) is 24.0 Å². The Morgan fingerprint density at radius 1 is 1.15 bits per heavy atom. The van der Waals surface area contributed by atoms with Crippen molar-refractivity contribution in [3.05, 3.63) is 65.5 Å². The molecule has 2 bridgehead atoms. The summed E-state index contributed by atoms with van der Waals surface area (Å²) in [6.45, 7) is 2.77. The first-order chi connectivity index (χ1) is 13.1. The first-order valence-corrected chi connectivity index (χ1v) is 9.53. The van der Waals surface area contributed by atoms with E-state index in [1.165, 1.54) is 13.2 Å². The fourth-order valence-corrected chi connectivity index (χ4v) is 4.26. The van der Waals surface area contributed by atoms with Gasteiger partial charge in [0.1, 0.15) is 11.6 Å². The largest absolute Gasteiger partial charge is 0.497 e. The number of fused-ring (bicyclic) bond motifs is 2. The average Bonchev–Trinajstić information content (AvgIpc) is 2.69. The molecule has 2 aliphatic heterocycles. The summed E-state index contributed by atoms with van der Waals surface area (Å²) in [5, 5.41) is 0. The van der Waals surface area contributed by atoms with Gasteiger partial charge in [0.15, 0.2) is 0 Å². The lowest BCUT2D eigenvalue weighted by Crippen LogP contribution is -2.58. The van der Waals surface area contributed by atoms with Crippen LogP contribution in [-0.4, -0.2) is 41.9 Å². The third-order valence-corrected chi connectivity index (χ3v) is 5.75. The summed E-state index contributed by atoms with van der Waals surface area (Å²) in [7, 11) is 1.53. The molecule has 2 atom stereocenters. The molecule has 2 saturated heterocycles. The van der Waals surface area contributed by atoms with Crippen LogP contribution in [0.3, 0.4) is 0 Å². The molecule has 0 radical (unpaired) electrons. The molecule has 142 valence electrons. The molecule has 0 aliphatic carbocycles. The molecule has 27 heavy (non-hydrogen) atoms. The zero-order chi connectivity index (χ0) is 18.8. The van der Waals surface area contributed by atoms with Crippen LogP contribution in [0.5, 0.6) is 5.75 Å². The Bertz CT molecular complexity index is 811. The Kier molecular flexibility index (Phi) is 5.12. The van der Waals surface area contributed by atoms with E-state index in [4.69, 9.17) is 4.74 Å². The predicted molar refractivity (Wildman–Crippen MR) is 102 cm³/mol. The van der Waals surface area contributed by atoms with Crippen LogP contribution in [0, 0.1) is 11.7 Å². The first kappa shape index (κ1) is 18.0. The molecule has 2 aliphatic rings. The number of hydrogen-bond donors (Lipinski definition) is 0. The lowest BCUT2D eigenvalue weighted by Gasteiger charge is -2.46. The van der Waals surface area contributed by atoms with Gasteiger partial charge in [-0.2, -0.15) is 0 Å². The van der Waals surface area contributed by atoms with Crippen LogP contribution in [0.4, 0.5) is 4.39 Å². The molecule has 2 aromatic carbocycles. The number of rotatable bonds is 5. The second-order valence-corrected chi connectivity index (χ2v) is 7.54. The van der Waals surface area contributed by atoms with Gasteiger partial charge in [-0.05, 0) is 36.9 Å². The maximum atomic E-state index is 14.4. The Morgan fingerprint density at radius 2 is 1.96 bits per heavy atom. The number of ether oxygens (including phenoxy) is 1. The smallest absolute Gasteiger partial charge is 0.240 e. The van der Waals surface area contributed by atoms with Gasteiger partial charge < -0.3 is 9.64 Å². The highest BCUT2D eigenvalue weighted by Crippen LogP contribution is 2.32. The minimum atomic E-state index is -0.277. The quantitative estimate of drug-likeness (QED) is 0.810. The predicted octanol–water partition coefficient (Wildman–Crippen LogP) is 3.46. The van der Waals surface area contributed by atoms with E-state index in [0.29, 0.717) is 30.3 Å². The van der Waals surface area contributed by atoms with Crippen molar-refractivity contribution in [3.63, 3.8) is 0 Å². The molecule has 1 amide bonds. The second kappa shape index (κ2) is 7.69. The topological polar surface area (TPSA) is 32.8 Å². The van der Waals surface area contributed by atoms with Gasteiger partial charge in [-0.1, -0.05) is 36.4 Å². The number of likely N-dealkylation sites (tertiary alicyclic amines) is 2. The van der Waals surface area contributed by atoms with Crippen molar-refractivity contribution in [3.8, 4) is 5.75 Å². The van der Waals surface area contributed by atoms with Crippen molar-refractivity contribution < 1.29 is 13.9 Å². The van der Waals surface area contributed by atoms with E-state index < -0.39 is 0 Å². The lowest BCUT2D eigenvalue weighted by atomic mass is 9.85. The van der Waals surface area contributed by atoms with Crippen molar-refractivity contribution in [1.82, 2.24) is 9.80 Å². The normalized spacial score (nSPS) is 22.7. The number of nitrogens with zero attached hydrogens (tertiary/aromatic N) is 2. The molecule has 0 aromatic heterocycles. The summed E-state index contributed by atoms with van der Waals surface area (Å²) in [5.74, 6) is 0.940. The van der Waals surface area contributed by atoms with Crippen LogP contribution < -0.4 is 4.74 Å². The summed E-state index contributed by atoms with van der Waals surface area (Å²) in [6.07, 6.45) is 1.93. The van der Waals surface area contributed by atoms with Crippen molar-refractivity contribution in [1.29, 1.82) is 0 Å². The van der Waals surface area contributed by atoms with Crippen molar-refractivity contribution in [2.75, 3.05) is 20.2 Å². The summed E-state index contributed by atoms with van der Waals surface area (Å²) >= 11 is 0. The fourth-order valence-electron chi connectivity index (χ4n) is 4.26. The number of piperidine rings is 2. The molecular weight excluding hydrogens is 343 g/mol. The van der Waals surface area contributed by atoms with Gasteiger partial charge in [0, 0.05) is 31.3 Å². The molecule has 5 heteroatoms. The van der Waals surface area contributed by atoms with Gasteiger partial charge in [0.05, 0.1) is 13.2 Å². The van der Waals surface area contributed by atoms with E-state index in [1.807, 2.05) is 23.1 Å². The summed E-state index contributed by atoms with van der Waals surface area (Å²) in [5.41, 5.74) is 1.76. The van der Waals surface area contributed by atoms with Gasteiger partial charge in [-0.15, -0.1) is 0 Å². The maximum absolute atomic E-state index is 14.4. The first-order valence-electron chi connectivity index (χ1n) is 9.53. The highest BCUT2D eigenvalue weighted by Gasteiger charge is 2.41. The van der Waals surface area contributed by atoms with Crippen molar-refractivity contribution in [2.24, 2.45) is 5.92 Å². The Balaban J connectivity index is 1.49. The van der Waals surface area contributed by atoms with E-state index in [9.17, 15) is 9.18 Å². The third kappa shape index (κ3) is 3.83. The number of benzene rings is 2. The highest BCUT2D eigenvalue weighted by molar-refractivity contribution is 5.83. The van der Waals surface area contributed by atoms with E-state index >= 15 is 0 Å². The number of carbonyl (C=O) groups is 1. The maximum Gasteiger partial charge on any atom is 0.240 e. The van der Waals surface area contributed by atoms with E-state index in [2.05, 4.69) is 17.0 Å². The minimum Gasteiger partial charge on any atom is -0.497 e. The van der Waals surface area contributed by atoms with Crippen LogP contribution in [0.25, 0.3) is 0 Å². The van der Waals surface area contributed by atoms with E-state index in [-0.39, 0.29) is 17.8 Å². The summed E-state index contributed by atoms with van der Waals surface area (Å²) in [6, 6.07) is 14.9.